The number of halogens is 3. The third kappa shape index (κ3) is 5.91. The number of aromatic nitrogens is 3. The van der Waals surface area contributed by atoms with Crippen LogP contribution in [-0.2, 0) is 18.4 Å². The molecule has 0 saturated carbocycles. The molecule has 3 aromatic rings. The van der Waals surface area contributed by atoms with Crippen LogP contribution in [0.3, 0.4) is 0 Å². The number of ether oxygens (including phenoxy) is 2. The van der Waals surface area contributed by atoms with Crippen LogP contribution >= 0.6 is 0 Å². The summed E-state index contributed by atoms with van der Waals surface area (Å²) >= 11 is 0. The Labute approximate surface area is 227 Å². The van der Waals surface area contributed by atoms with Crippen LogP contribution in [0, 0.1) is 6.92 Å². The van der Waals surface area contributed by atoms with E-state index >= 15 is 0 Å². The quantitative estimate of drug-likeness (QED) is 0.426. The Hall–Kier alpha value is -4.07. The Morgan fingerprint density at radius 3 is 2.50 bits per heavy atom. The van der Waals surface area contributed by atoms with Gasteiger partial charge in [-0.25, -0.2) is 4.98 Å². The van der Waals surface area contributed by atoms with Crippen LogP contribution in [-0.4, -0.2) is 81.6 Å². The zero-order valence-corrected chi connectivity index (χ0v) is 22.2. The Morgan fingerprint density at radius 1 is 1.20 bits per heavy atom. The van der Waals surface area contributed by atoms with Crippen molar-refractivity contribution in [2.24, 2.45) is 7.05 Å². The minimum atomic E-state index is -4.73. The fourth-order valence-electron chi connectivity index (χ4n) is 4.83. The van der Waals surface area contributed by atoms with Crippen molar-refractivity contribution in [3.8, 4) is 11.5 Å². The number of hydrogen-bond acceptors (Lipinski definition) is 7. The van der Waals surface area contributed by atoms with Gasteiger partial charge >= 0.3 is 6.18 Å². The summed E-state index contributed by atoms with van der Waals surface area (Å²) in [4.78, 5) is 44.8. The van der Waals surface area contributed by atoms with E-state index in [9.17, 15) is 27.6 Å². The molecule has 14 heteroatoms. The van der Waals surface area contributed by atoms with Crippen LogP contribution in [0.1, 0.15) is 34.7 Å². The number of alkyl halides is 3. The number of rotatable bonds is 8. The van der Waals surface area contributed by atoms with Crippen molar-refractivity contribution in [3.63, 3.8) is 0 Å². The third-order valence-corrected chi connectivity index (χ3v) is 6.87. The molecule has 1 aromatic carbocycles. The molecule has 1 aliphatic heterocycles. The summed E-state index contributed by atoms with van der Waals surface area (Å²) in [6, 6.07) is 6.60. The van der Waals surface area contributed by atoms with E-state index in [0.717, 1.165) is 0 Å². The van der Waals surface area contributed by atoms with Gasteiger partial charge < -0.3 is 29.4 Å². The van der Waals surface area contributed by atoms with Gasteiger partial charge in [0.15, 0.2) is 23.7 Å². The Bertz CT molecular complexity index is 1470. The number of carbonyl (C=O) groups excluding carboxylic acids is 2. The topological polar surface area (TPSA) is 128 Å². The van der Waals surface area contributed by atoms with Gasteiger partial charge in [0.25, 0.3) is 11.5 Å². The van der Waals surface area contributed by atoms with E-state index in [-0.39, 0.29) is 35.1 Å². The monoisotopic (exact) mass is 565 g/mol. The zero-order chi connectivity index (χ0) is 29.2. The van der Waals surface area contributed by atoms with E-state index in [1.54, 1.807) is 31.2 Å². The smallest absolute Gasteiger partial charge is 0.422 e. The maximum atomic E-state index is 13.7. The molecule has 2 N–H and O–H groups in total. The van der Waals surface area contributed by atoms with Crippen LogP contribution in [0.15, 0.2) is 29.1 Å². The van der Waals surface area contributed by atoms with Gasteiger partial charge in [0.05, 0.1) is 13.7 Å². The highest BCUT2D eigenvalue weighted by Crippen LogP contribution is 2.32. The summed E-state index contributed by atoms with van der Waals surface area (Å²) in [5.74, 6) is -0.877. The molecule has 0 radical (unpaired) electrons. The summed E-state index contributed by atoms with van der Waals surface area (Å²) in [7, 11) is 2.91. The van der Waals surface area contributed by atoms with Crippen molar-refractivity contribution in [2.45, 2.75) is 38.5 Å². The number of aryl methyl sites for hydroxylation is 2. The van der Waals surface area contributed by atoms with Gasteiger partial charge in [-0.1, -0.05) is 18.2 Å². The molecule has 0 unspecified atom stereocenters. The van der Waals surface area contributed by atoms with Gasteiger partial charge in [0.1, 0.15) is 23.6 Å². The van der Waals surface area contributed by atoms with Crippen LogP contribution < -0.4 is 20.3 Å². The number of fused-ring (bicyclic) bond motifs is 1. The number of methoxy groups -OCH3 is 1. The summed E-state index contributed by atoms with van der Waals surface area (Å²) < 4.78 is 52.6. The van der Waals surface area contributed by atoms with Gasteiger partial charge in [-0.3, -0.25) is 19.0 Å². The summed E-state index contributed by atoms with van der Waals surface area (Å²) in [6.45, 7) is -0.128. The molecular weight excluding hydrogens is 535 g/mol. The zero-order valence-electron chi connectivity index (χ0n) is 22.2. The van der Waals surface area contributed by atoms with Gasteiger partial charge in [-0.15, -0.1) is 0 Å². The summed E-state index contributed by atoms with van der Waals surface area (Å²) in [5.41, 5.74) is -0.290. The van der Waals surface area contributed by atoms with Gasteiger partial charge in [0, 0.05) is 31.7 Å². The fourth-order valence-corrected chi connectivity index (χ4v) is 4.83. The molecule has 1 fully saturated rings. The fraction of sp³-hybridized carbons (Fsp3) is 0.462. The number of carbonyl (C=O) groups is 2. The summed E-state index contributed by atoms with van der Waals surface area (Å²) in [5, 5.41) is 11.6. The average Bonchev–Trinajstić information content (AvgIpc) is 3.20. The number of nitrogens with zero attached hydrogens (tertiary/aromatic N) is 4. The number of likely N-dealkylation sites (tertiary alicyclic amines) is 1. The second-order valence-electron chi connectivity index (χ2n) is 9.49. The van der Waals surface area contributed by atoms with Gasteiger partial charge in [-0.05, 0) is 25.8 Å². The number of hydrogen-bond donors (Lipinski definition) is 2. The van der Waals surface area contributed by atoms with E-state index < -0.39 is 42.5 Å². The van der Waals surface area contributed by atoms with Crippen molar-refractivity contribution in [1.29, 1.82) is 0 Å². The lowest BCUT2D eigenvalue weighted by molar-refractivity contribution is -0.153. The van der Waals surface area contributed by atoms with Crippen LogP contribution in [0.25, 0.3) is 11.0 Å². The van der Waals surface area contributed by atoms with E-state index in [4.69, 9.17) is 14.6 Å². The van der Waals surface area contributed by atoms with Crippen molar-refractivity contribution in [2.75, 3.05) is 33.4 Å². The number of benzene rings is 1. The lowest BCUT2D eigenvalue weighted by Gasteiger charge is -2.32. The van der Waals surface area contributed by atoms with Crippen LogP contribution in [0.2, 0.25) is 0 Å². The molecular formula is C26H30F3N5O6. The minimum Gasteiger partial charge on any atom is -0.496 e. The molecule has 216 valence electrons. The number of para-hydroxylation sites is 1. The Balaban J connectivity index is 1.74. The second-order valence-corrected chi connectivity index (χ2v) is 9.49. The highest BCUT2D eigenvalue weighted by Gasteiger charge is 2.34. The second kappa shape index (κ2) is 11.6. The maximum absolute atomic E-state index is 13.7. The first-order valence-electron chi connectivity index (χ1n) is 12.6. The third-order valence-electron chi connectivity index (χ3n) is 6.87. The lowest BCUT2D eigenvalue weighted by Crippen LogP contribution is -2.47. The molecule has 40 heavy (non-hydrogen) atoms. The number of aliphatic hydroxyl groups excluding tert-OH is 1. The minimum absolute atomic E-state index is 0.00413. The average molecular weight is 566 g/mol. The molecule has 2 amide bonds. The highest BCUT2D eigenvalue weighted by atomic mass is 19.4. The first-order chi connectivity index (χ1) is 18.9. The normalized spacial score (nSPS) is 14.4. The number of amides is 2. The number of aliphatic hydroxyl groups is 1. The number of nitrogens with one attached hydrogen (secondary N) is 1. The molecule has 3 heterocycles. The van der Waals surface area contributed by atoms with E-state index in [1.165, 1.54) is 28.2 Å². The van der Waals surface area contributed by atoms with Crippen molar-refractivity contribution < 1.29 is 37.3 Å². The molecule has 4 rings (SSSR count). The van der Waals surface area contributed by atoms with Gasteiger partial charge in [0.2, 0.25) is 5.91 Å². The molecule has 2 aromatic heterocycles. The predicted molar refractivity (Wildman–Crippen MR) is 138 cm³/mol. The van der Waals surface area contributed by atoms with Crippen molar-refractivity contribution >= 4 is 22.8 Å². The van der Waals surface area contributed by atoms with E-state index in [2.05, 4.69) is 10.3 Å². The molecule has 1 saturated heterocycles. The molecule has 0 aliphatic carbocycles. The molecule has 0 spiro atoms. The lowest BCUT2D eigenvalue weighted by atomic mass is 10.0. The molecule has 1 aliphatic rings. The first kappa shape index (κ1) is 28.9. The SMILES string of the molecule is COc1ccccc1Cn1c(C)nc2c(c(OCC(F)(F)F)c(C(=O)NC3CCN(C(=O)CO)CC3)n2C)c1=O. The van der Waals surface area contributed by atoms with E-state index in [0.29, 0.717) is 37.2 Å². The van der Waals surface area contributed by atoms with E-state index in [1.807, 2.05) is 0 Å². The number of piperidine rings is 1. The highest BCUT2D eigenvalue weighted by molar-refractivity contribution is 6.03. The van der Waals surface area contributed by atoms with Crippen molar-refractivity contribution in [3.05, 3.63) is 51.7 Å². The standard InChI is InChI=1S/C26H30F3N5O6/c1-15-30-23-20(25(38)34(15)12-16-6-4-5-7-18(16)39-3)22(40-14-26(27,28)29)21(32(23)2)24(37)31-17-8-10-33(11-9-17)19(36)13-35/h4-7,17,35H,8-14H2,1-3H3,(H,31,37). The predicted octanol–water partition coefficient (Wildman–Crippen LogP) is 1.75. The molecule has 0 bridgehead atoms. The summed E-state index contributed by atoms with van der Waals surface area (Å²) in [6.07, 6.45) is -3.97. The maximum Gasteiger partial charge on any atom is 0.422 e. The Kier molecular flexibility index (Phi) is 8.37. The van der Waals surface area contributed by atoms with Crippen molar-refractivity contribution in [1.82, 2.24) is 24.3 Å². The van der Waals surface area contributed by atoms with Gasteiger partial charge in [-0.2, -0.15) is 13.2 Å². The first-order valence-corrected chi connectivity index (χ1v) is 12.6. The van der Waals surface area contributed by atoms with Crippen LogP contribution in [0.5, 0.6) is 11.5 Å². The molecule has 0 atom stereocenters. The largest absolute Gasteiger partial charge is 0.496 e. The molecule has 11 nitrogen and oxygen atoms in total. The van der Waals surface area contributed by atoms with Crippen LogP contribution in [0.4, 0.5) is 13.2 Å². The Morgan fingerprint density at radius 2 is 1.88 bits per heavy atom.